The Balaban J connectivity index is 2.04. The Morgan fingerprint density at radius 2 is 2.00 bits per heavy atom. The lowest BCUT2D eigenvalue weighted by Crippen LogP contribution is -2.17. The number of hydrogen-bond acceptors (Lipinski definition) is 3. The molecule has 0 fully saturated rings. The van der Waals surface area contributed by atoms with Crippen LogP contribution in [0, 0.1) is 11.3 Å². The van der Waals surface area contributed by atoms with Crippen molar-refractivity contribution in [2.45, 2.75) is 13.1 Å². The molecule has 1 aromatic heterocycles. The van der Waals surface area contributed by atoms with Crippen molar-refractivity contribution in [1.29, 1.82) is 5.26 Å². The molecule has 3 nitrogen and oxygen atoms in total. The van der Waals surface area contributed by atoms with Gasteiger partial charge in [0.2, 0.25) is 0 Å². The molecule has 0 aliphatic carbocycles. The predicted octanol–water partition coefficient (Wildman–Crippen LogP) is 2.59. The quantitative estimate of drug-likeness (QED) is 0.820. The summed E-state index contributed by atoms with van der Waals surface area (Å²) in [6, 6.07) is 13.9. The van der Waals surface area contributed by atoms with Crippen LogP contribution in [-0.4, -0.2) is 16.9 Å². The molecule has 2 rings (SSSR count). The molecular weight excluding hydrogens is 222 g/mol. The summed E-state index contributed by atoms with van der Waals surface area (Å²) in [7, 11) is 2.04. The SMILES string of the molecule is CN(Cc1cccnc1)Cc1ccccc1C#N. The smallest absolute Gasteiger partial charge is 0.0995 e. The van der Waals surface area contributed by atoms with Crippen molar-refractivity contribution in [3.63, 3.8) is 0 Å². The van der Waals surface area contributed by atoms with Gasteiger partial charge in [-0.25, -0.2) is 0 Å². The van der Waals surface area contributed by atoms with Crippen molar-refractivity contribution in [2.24, 2.45) is 0 Å². The van der Waals surface area contributed by atoms with Gasteiger partial charge in [0.15, 0.2) is 0 Å². The third kappa shape index (κ3) is 3.16. The Kier molecular flexibility index (Phi) is 4.06. The highest BCUT2D eigenvalue weighted by Gasteiger charge is 2.05. The average Bonchev–Trinajstić information content (AvgIpc) is 2.40. The molecule has 0 atom stereocenters. The van der Waals surface area contributed by atoms with E-state index in [0.717, 1.165) is 24.2 Å². The van der Waals surface area contributed by atoms with E-state index in [1.54, 1.807) is 6.20 Å². The molecule has 0 amide bonds. The van der Waals surface area contributed by atoms with Gasteiger partial charge in [-0.05, 0) is 30.3 Å². The van der Waals surface area contributed by atoms with Crippen LogP contribution in [0.5, 0.6) is 0 Å². The first kappa shape index (κ1) is 12.3. The van der Waals surface area contributed by atoms with Crippen LogP contribution in [0.2, 0.25) is 0 Å². The van der Waals surface area contributed by atoms with Gasteiger partial charge in [0, 0.05) is 25.5 Å². The molecule has 1 heterocycles. The van der Waals surface area contributed by atoms with E-state index in [-0.39, 0.29) is 0 Å². The van der Waals surface area contributed by atoms with Gasteiger partial charge in [0.05, 0.1) is 11.6 Å². The van der Waals surface area contributed by atoms with E-state index >= 15 is 0 Å². The molecule has 0 aliphatic rings. The van der Waals surface area contributed by atoms with Crippen LogP contribution in [-0.2, 0) is 13.1 Å². The minimum atomic E-state index is 0.746. The third-order valence-electron chi connectivity index (χ3n) is 2.75. The minimum absolute atomic E-state index is 0.746. The van der Waals surface area contributed by atoms with Gasteiger partial charge in [0.1, 0.15) is 0 Å². The maximum atomic E-state index is 9.04. The van der Waals surface area contributed by atoms with Crippen LogP contribution in [0.4, 0.5) is 0 Å². The van der Waals surface area contributed by atoms with E-state index in [9.17, 15) is 0 Å². The molecule has 0 bridgehead atoms. The summed E-state index contributed by atoms with van der Waals surface area (Å²) >= 11 is 0. The fourth-order valence-corrected chi connectivity index (χ4v) is 1.92. The summed E-state index contributed by atoms with van der Waals surface area (Å²) < 4.78 is 0. The number of nitriles is 1. The lowest BCUT2D eigenvalue weighted by molar-refractivity contribution is 0.318. The molecule has 18 heavy (non-hydrogen) atoms. The van der Waals surface area contributed by atoms with Gasteiger partial charge in [-0.15, -0.1) is 0 Å². The highest BCUT2D eigenvalue weighted by Crippen LogP contribution is 2.11. The van der Waals surface area contributed by atoms with Crippen LogP contribution < -0.4 is 0 Å². The maximum absolute atomic E-state index is 9.04. The van der Waals surface area contributed by atoms with Gasteiger partial charge in [-0.3, -0.25) is 9.88 Å². The first-order chi connectivity index (χ1) is 8.79. The molecular formula is C15H15N3. The second-order valence-electron chi connectivity index (χ2n) is 4.30. The predicted molar refractivity (Wildman–Crippen MR) is 70.6 cm³/mol. The molecule has 0 radical (unpaired) electrons. The molecule has 90 valence electrons. The third-order valence-corrected chi connectivity index (χ3v) is 2.75. The zero-order valence-corrected chi connectivity index (χ0v) is 10.4. The van der Waals surface area contributed by atoms with Gasteiger partial charge in [0.25, 0.3) is 0 Å². The topological polar surface area (TPSA) is 39.9 Å². The van der Waals surface area contributed by atoms with Gasteiger partial charge in [-0.2, -0.15) is 5.26 Å². The van der Waals surface area contributed by atoms with E-state index in [0.29, 0.717) is 0 Å². The number of nitrogens with zero attached hydrogens (tertiary/aromatic N) is 3. The van der Waals surface area contributed by atoms with Crippen LogP contribution >= 0.6 is 0 Å². The minimum Gasteiger partial charge on any atom is -0.298 e. The van der Waals surface area contributed by atoms with Crippen molar-refractivity contribution in [2.75, 3.05) is 7.05 Å². The molecule has 0 saturated heterocycles. The maximum Gasteiger partial charge on any atom is 0.0995 e. The van der Waals surface area contributed by atoms with Gasteiger partial charge < -0.3 is 0 Å². The fourth-order valence-electron chi connectivity index (χ4n) is 1.92. The van der Waals surface area contributed by atoms with Crippen molar-refractivity contribution < 1.29 is 0 Å². The zero-order valence-electron chi connectivity index (χ0n) is 10.4. The number of aromatic nitrogens is 1. The van der Waals surface area contributed by atoms with Crippen LogP contribution in [0.15, 0.2) is 48.8 Å². The summed E-state index contributed by atoms with van der Waals surface area (Å²) in [5.74, 6) is 0. The van der Waals surface area contributed by atoms with Crippen LogP contribution in [0.1, 0.15) is 16.7 Å². The fraction of sp³-hybridized carbons (Fsp3) is 0.200. The largest absolute Gasteiger partial charge is 0.298 e. The van der Waals surface area contributed by atoms with Crippen molar-refractivity contribution in [3.05, 3.63) is 65.5 Å². The van der Waals surface area contributed by atoms with E-state index in [1.807, 2.05) is 43.6 Å². The summed E-state index contributed by atoms with van der Waals surface area (Å²) in [4.78, 5) is 6.27. The normalized spacial score (nSPS) is 10.3. The highest BCUT2D eigenvalue weighted by atomic mass is 15.1. The number of hydrogen-bond donors (Lipinski definition) is 0. The summed E-state index contributed by atoms with van der Waals surface area (Å²) in [6.07, 6.45) is 3.64. The van der Waals surface area contributed by atoms with Gasteiger partial charge in [-0.1, -0.05) is 24.3 Å². The number of pyridine rings is 1. The van der Waals surface area contributed by atoms with Crippen LogP contribution in [0.25, 0.3) is 0 Å². The van der Waals surface area contributed by atoms with Crippen molar-refractivity contribution in [3.8, 4) is 6.07 Å². The Hall–Kier alpha value is -2.18. The molecule has 3 heteroatoms. The molecule has 0 aliphatic heterocycles. The summed E-state index contributed by atoms with van der Waals surface area (Å²) in [5, 5.41) is 9.04. The molecule has 0 unspecified atom stereocenters. The molecule has 0 N–H and O–H groups in total. The molecule has 2 aromatic rings. The molecule has 1 aromatic carbocycles. The number of rotatable bonds is 4. The lowest BCUT2D eigenvalue weighted by atomic mass is 10.1. The van der Waals surface area contributed by atoms with Crippen molar-refractivity contribution >= 4 is 0 Å². The Morgan fingerprint density at radius 3 is 2.72 bits per heavy atom. The van der Waals surface area contributed by atoms with E-state index in [1.165, 1.54) is 5.56 Å². The van der Waals surface area contributed by atoms with E-state index in [4.69, 9.17) is 5.26 Å². The highest BCUT2D eigenvalue weighted by molar-refractivity contribution is 5.37. The van der Waals surface area contributed by atoms with Crippen LogP contribution in [0.3, 0.4) is 0 Å². The zero-order chi connectivity index (χ0) is 12.8. The van der Waals surface area contributed by atoms with E-state index in [2.05, 4.69) is 22.0 Å². The summed E-state index contributed by atoms with van der Waals surface area (Å²) in [5.41, 5.74) is 2.98. The molecule has 0 saturated carbocycles. The Labute approximate surface area is 107 Å². The summed E-state index contributed by atoms with van der Waals surface area (Å²) in [6.45, 7) is 1.59. The molecule has 0 spiro atoms. The second kappa shape index (κ2) is 5.95. The Morgan fingerprint density at radius 1 is 1.17 bits per heavy atom. The monoisotopic (exact) mass is 237 g/mol. The first-order valence-corrected chi connectivity index (χ1v) is 5.85. The number of benzene rings is 1. The lowest BCUT2D eigenvalue weighted by Gasteiger charge is -2.17. The Bertz CT molecular complexity index is 543. The van der Waals surface area contributed by atoms with Crippen molar-refractivity contribution in [1.82, 2.24) is 9.88 Å². The average molecular weight is 237 g/mol. The van der Waals surface area contributed by atoms with E-state index < -0.39 is 0 Å². The van der Waals surface area contributed by atoms with Gasteiger partial charge >= 0.3 is 0 Å². The second-order valence-corrected chi connectivity index (χ2v) is 4.30. The standard InChI is InChI=1S/C15H15N3/c1-18(11-13-5-4-8-17-10-13)12-15-7-3-2-6-14(15)9-16/h2-8,10H,11-12H2,1H3. The first-order valence-electron chi connectivity index (χ1n) is 5.85.